The van der Waals surface area contributed by atoms with Gasteiger partial charge in [-0.15, -0.1) is 51.2 Å². The van der Waals surface area contributed by atoms with E-state index in [0.29, 0.717) is 6.54 Å². The average Bonchev–Trinajstić information content (AvgIpc) is 3.32. The van der Waals surface area contributed by atoms with Gasteiger partial charge < -0.3 is 0 Å². The predicted molar refractivity (Wildman–Crippen MR) is 166 cm³/mol. The quantitative estimate of drug-likeness (QED) is 0.0718. The van der Waals surface area contributed by atoms with Gasteiger partial charge in [-0.05, 0) is 50.7 Å². The summed E-state index contributed by atoms with van der Waals surface area (Å²) in [6, 6.07) is 0. The first kappa shape index (κ1) is 41.0. The maximum Gasteiger partial charge on any atom is 0.253 e. The second kappa shape index (κ2) is 30.0. The van der Waals surface area contributed by atoms with Gasteiger partial charge in [0.2, 0.25) is 5.91 Å². The molecule has 2 aliphatic rings. The zero-order valence-corrected chi connectivity index (χ0v) is 25.2. The molecule has 1 aliphatic heterocycles. The zero-order valence-electron chi connectivity index (χ0n) is 24.3. The van der Waals surface area contributed by atoms with Crippen LogP contribution in [0.5, 0.6) is 0 Å². The third-order valence-electron chi connectivity index (χ3n) is 6.41. The minimum absolute atomic E-state index is 0.0000665. The third-order valence-corrected chi connectivity index (χ3v) is 7.26. The van der Waals surface area contributed by atoms with Crippen LogP contribution in [-0.2, 0) is 19.2 Å². The van der Waals surface area contributed by atoms with Crippen LogP contribution in [0.3, 0.4) is 0 Å². The Balaban J connectivity index is -0.00000148. The summed E-state index contributed by atoms with van der Waals surface area (Å²) in [5, 5.41) is 0. The van der Waals surface area contributed by atoms with Crippen molar-refractivity contribution in [3.05, 3.63) is 61.6 Å². The summed E-state index contributed by atoms with van der Waals surface area (Å²) in [5.74, 6) is -0.261. The molecule has 0 aromatic rings. The first-order valence-electron chi connectivity index (χ1n) is 13.7. The van der Waals surface area contributed by atoms with Gasteiger partial charge in [0.15, 0.2) is 0 Å². The number of nitrogens with one attached hydrogen (secondary N) is 1. The molecule has 1 heterocycles. The van der Waals surface area contributed by atoms with Crippen molar-refractivity contribution in [1.29, 1.82) is 0 Å². The summed E-state index contributed by atoms with van der Waals surface area (Å²) in [4.78, 5) is 56.9. The van der Waals surface area contributed by atoms with E-state index in [1.54, 1.807) is 11.8 Å². The molecule has 0 aromatic carbocycles. The van der Waals surface area contributed by atoms with Crippen LogP contribution >= 0.6 is 11.8 Å². The van der Waals surface area contributed by atoms with E-state index < -0.39 is 0 Å². The van der Waals surface area contributed by atoms with Crippen molar-refractivity contribution in [2.45, 2.75) is 95.8 Å². The lowest BCUT2D eigenvalue weighted by Crippen LogP contribution is -2.39. The second-order valence-corrected chi connectivity index (χ2v) is 9.85. The topological polar surface area (TPSA) is 110 Å². The van der Waals surface area contributed by atoms with Gasteiger partial charge in [0.25, 0.3) is 11.8 Å². The molecular weight excluding hydrogens is 516 g/mol. The molecule has 0 radical (unpaired) electrons. The maximum atomic E-state index is 12.5. The van der Waals surface area contributed by atoms with Crippen molar-refractivity contribution >= 4 is 29.5 Å². The van der Waals surface area contributed by atoms with Gasteiger partial charge in [-0.2, -0.15) is 0 Å². The molecule has 1 atom stereocenters. The van der Waals surface area contributed by atoms with Gasteiger partial charge >= 0.3 is 0 Å². The van der Waals surface area contributed by atoms with Crippen LogP contribution in [0.25, 0.3) is 0 Å². The molecule has 1 unspecified atom stereocenters. The fraction of sp³-hybridized carbons (Fsp3) is 0.633. The number of rotatable bonds is 15. The van der Waals surface area contributed by atoms with Crippen molar-refractivity contribution in [3.8, 4) is 0 Å². The molecule has 8 nitrogen and oxygen atoms in total. The monoisotopic (exact) mass is 568 g/mol. The van der Waals surface area contributed by atoms with Gasteiger partial charge in [-0.1, -0.05) is 51.9 Å². The van der Waals surface area contributed by atoms with Crippen molar-refractivity contribution in [1.82, 2.24) is 10.4 Å². The summed E-state index contributed by atoms with van der Waals surface area (Å²) in [5.41, 5.74) is 2.69. The van der Waals surface area contributed by atoms with Crippen LogP contribution in [0.15, 0.2) is 51.6 Å². The molecule has 0 spiro atoms. The number of carbonyl (C=O) groups is 3. The lowest BCUT2D eigenvalue weighted by Gasteiger charge is -2.30. The first-order valence-corrected chi connectivity index (χ1v) is 15.0. The van der Waals surface area contributed by atoms with E-state index in [-0.39, 0.29) is 35.0 Å². The van der Waals surface area contributed by atoms with Crippen molar-refractivity contribution in [2.75, 3.05) is 12.8 Å². The van der Waals surface area contributed by atoms with Crippen LogP contribution < -0.4 is 5.48 Å². The minimum atomic E-state index is -0.224. The van der Waals surface area contributed by atoms with Crippen LogP contribution in [0.1, 0.15) is 90.4 Å². The number of thioether (sulfide) groups is 1. The highest BCUT2D eigenvalue weighted by molar-refractivity contribution is 7.99. The van der Waals surface area contributed by atoms with Crippen molar-refractivity contribution in [2.24, 2.45) is 11.8 Å². The Bertz CT molecular complexity index is 642. The molecule has 1 saturated carbocycles. The number of carbonyl (C=O) groups excluding carboxylic acids is 3. The molecule has 0 saturated heterocycles. The number of imide groups is 1. The Labute approximate surface area is 240 Å². The maximum absolute atomic E-state index is 12.5. The lowest BCUT2D eigenvalue weighted by molar-refractivity contribution is -0.142. The summed E-state index contributed by atoms with van der Waals surface area (Å²) in [7, 11) is 0. The highest BCUT2D eigenvalue weighted by Crippen LogP contribution is 2.30. The summed E-state index contributed by atoms with van der Waals surface area (Å²) < 4.78 is 0. The molecule has 2 rings (SSSR count). The molecule has 0 bridgehead atoms. The molecule has 1 N–H and O–H groups in total. The van der Waals surface area contributed by atoms with Crippen LogP contribution in [0.4, 0.5) is 0 Å². The molecule has 3 amide bonds. The van der Waals surface area contributed by atoms with Gasteiger partial charge in [0, 0.05) is 34.5 Å². The third kappa shape index (κ3) is 19.2. The Morgan fingerprint density at radius 2 is 1.36 bits per heavy atom. The van der Waals surface area contributed by atoms with E-state index in [0.717, 1.165) is 38.5 Å². The number of nitrogens with zero attached hydrogens (tertiary/aromatic N) is 1. The number of hydroxylamine groups is 1. The molecule has 224 valence electrons. The Kier molecular flexibility index (Phi) is 31.5. The highest BCUT2D eigenvalue weighted by Gasteiger charge is 2.31. The molecule has 0 aromatic heterocycles. The smallest absolute Gasteiger partial charge is 0.253 e. The van der Waals surface area contributed by atoms with E-state index in [9.17, 15) is 14.4 Å². The fourth-order valence-electron chi connectivity index (χ4n) is 4.35. The molecular formula is C30H52N2O6S. The van der Waals surface area contributed by atoms with E-state index >= 15 is 0 Å². The van der Waals surface area contributed by atoms with Crippen molar-refractivity contribution in [3.63, 3.8) is 0 Å². The van der Waals surface area contributed by atoms with Gasteiger partial charge in [0.1, 0.15) is 5.44 Å². The molecule has 9 heteroatoms. The normalized spacial score (nSPS) is 18.1. The molecule has 1 fully saturated rings. The van der Waals surface area contributed by atoms with E-state index in [2.05, 4.69) is 51.9 Å². The number of amides is 3. The van der Waals surface area contributed by atoms with E-state index in [1.165, 1.54) is 62.0 Å². The Morgan fingerprint density at radius 1 is 0.897 bits per heavy atom. The lowest BCUT2D eigenvalue weighted by atomic mass is 9.81. The SMILES string of the molecule is C=C.C=C.C=C.CCCCCCCCCCC(ONC(=O)C1CCC(CN2C(=O)C=CC2=O)CC1)SC.O=O. The number of hydrogen-bond acceptors (Lipinski definition) is 7. The first-order chi connectivity index (χ1) is 19.0. The zero-order chi connectivity index (χ0) is 30.5. The predicted octanol–water partition coefficient (Wildman–Crippen LogP) is 7.46. The number of hydrogen-bond donors (Lipinski definition) is 1. The van der Waals surface area contributed by atoms with Crippen LogP contribution in [0.2, 0.25) is 0 Å². The Morgan fingerprint density at radius 3 is 1.82 bits per heavy atom. The van der Waals surface area contributed by atoms with Gasteiger partial charge in [-0.3, -0.25) is 24.1 Å². The summed E-state index contributed by atoms with van der Waals surface area (Å²) >= 11 is 1.64. The van der Waals surface area contributed by atoms with Crippen molar-refractivity contribution < 1.29 is 19.2 Å². The van der Waals surface area contributed by atoms with Crippen LogP contribution in [0, 0.1) is 21.8 Å². The summed E-state index contributed by atoms with van der Waals surface area (Å²) in [6.45, 7) is 20.7. The standard InChI is InChI=1S/C24H40N2O4S.3C2H4.O2/c1-3-4-5-6-7-8-9-10-11-23(31-2)30-25-24(29)20-14-12-19(13-15-20)18-26-21(27)16-17-22(26)28;4*1-2/h16-17,19-20,23H,3-15,18H2,1-2H3,(H,25,29);3*1-2H2;. The number of unbranched alkanes of at least 4 members (excludes halogenated alkanes) is 7. The van der Waals surface area contributed by atoms with E-state index in [4.69, 9.17) is 14.8 Å². The van der Waals surface area contributed by atoms with Gasteiger partial charge in [-0.25, -0.2) is 5.48 Å². The molecule has 39 heavy (non-hydrogen) atoms. The minimum Gasteiger partial charge on any atom is -0.275 e. The molecule has 1 aliphatic carbocycles. The van der Waals surface area contributed by atoms with E-state index in [1.807, 2.05) is 6.26 Å². The van der Waals surface area contributed by atoms with Crippen LogP contribution in [-0.4, -0.2) is 40.9 Å². The Hall–Kier alpha value is -2.52. The van der Waals surface area contributed by atoms with Gasteiger partial charge in [0.05, 0.1) is 0 Å². The fourth-order valence-corrected chi connectivity index (χ4v) is 4.90. The average molecular weight is 569 g/mol. The highest BCUT2D eigenvalue weighted by atomic mass is 32.2. The summed E-state index contributed by atoms with van der Waals surface area (Å²) in [6.07, 6.45) is 19.1. The largest absolute Gasteiger partial charge is 0.275 e. The second-order valence-electron chi connectivity index (χ2n) is 8.85.